The minimum Gasteiger partial charge on any atom is -0.343 e. The summed E-state index contributed by atoms with van der Waals surface area (Å²) in [4.78, 5) is 14.2. The van der Waals surface area contributed by atoms with Crippen LogP contribution >= 0.6 is 0 Å². The van der Waals surface area contributed by atoms with E-state index >= 15 is 0 Å². The smallest absolute Gasteiger partial charge is 0.225 e. The Kier molecular flexibility index (Phi) is 5.09. The molecule has 0 aromatic heterocycles. The van der Waals surface area contributed by atoms with Crippen molar-refractivity contribution in [3.05, 3.63) is 0 Å². The second kappa shape index (κ2) is 6.11. The number of carbonyl (C=O) groups excluding carboxylic acids is 1. The van der Waals surface area contributed by atoms with Crippen LogP contribution in [-0.4, -0.2) is 30.4 Å². The maximum absolute atomic E-state index is 12.2. The van der Waals surface area contributed by atoms with Crippen molar-refractivity contribution in [2.24, 2.45) is 17.6 Å². The molecule has 0 aromatic carbocycles. The summed E-state index contributed by atoms with van der Waals surface area (Å²) in [6.45, 7) is 6.56. The van der Waals surface area contributed by atoms with Gasteiger partial charge in [-0.2, -0.15) is 0 Å². The van der Waals surface area contributed by atoms with E-state index in [0.717, 1.165) is 32.4 Å². The molecule has 1 saturated carbocycles. The van der Waals surface area contributed by atoms with E-state index in [2.05, 4.69) is 13.8 Å². The molecule has 3 heteroatoms. The van der Waals surface area contributed by atoms with E-state index in [1.807, 2.05) is 4.90 Å². The maximum Gasteiger partial charge on any atom is 0.225 e. The number of hydrogen-bond acceptors (Lipinski definition) is 2. The third kappa shape index (κ3) is 2.94. The van der Waals surface area contributed by atoms with Gasteiger partial charge in [-0.15, -0.1) is 0 Å². The van der Waals surface area contributed by atoms with Gasteiger partial charge in [-0.3, -0.25) is 4.79 Å². The van der Waals surface area contributed by atoms with E-state index in [4.69, 9.17) is 5.73 Å². The molecule has 3 nitrogen and oxygen atoms in total. The molecule has 0 saturated heterocycles. The summed E-state index contributed by atoms with van der Waals surface area (Å²) in [6, 6.07) is 0. The molecule has 1 aliphatic rings. The van der Waals surface area contributed by atoms with Gasteiger partial charge >= 0.3 is 0 Å². The molecule has 15 heavy (non-hydrogen) atoms. The van der Waals surface area contributed by atoms with Crippen molar-refractivity contribution in [3.8, 4) is 0 Å². The minimum absolute atomic E-state index is 0.210. The summed E-state index contributed by atoms with van der Waals surface area (Å²) in [7, 11) is 0. The monoisotopic (exact) mass is 212 g/mol. The Hall–Kier alpha value is -0.570. The average Bonchev–Trinajstić information content (AvgIpc) is 2.72. The molecule has 88 valence electrons. The van der Waals surface area contributed by atoms with Crippen LogP contribution in [-0.2, 0) is 4.79 Å². The largest absolute Gasteiger partial charge is 0.343 e. The lowest BCUT2D eigenvalue weighted by Crippen LogP contribution is -2.39. The van der Waals surface area contributed by atoms with Gasteiger partial charge in [-0.05, 0) is 38.6 Å². The van der Waals surface area contributed by atoms with Crippen molar-refractivity contribution in [2.45, 2.75) is 39.5 Å². The molecule has 2 N–H and O–H groups in total. The number of nitrogens with zero attached hydrogens (tertiary/aromatic N) is 1. The summed E-state index contributed by atoms with van der Waals surface area (Å²) in [5, 5.41) is 0. The van der Waals surface area contributed by atoms with Gasteiger partial charge in [0.2, 0.25) is 5.91 Å². The van der Waals surface area contributed by atoms with E-state index in [0.29, 0.717) is 18.4 Å². The molecule has 1 rings (SSSR count). The van der Waals surface area contributed by atoms with Gasteiger partial charge < -0.3 is 10.6 Å². The Morgan fingerprint density at radius 1 is 1.40 bits per heavy atom. The molecule has 0 heterocycles. The first-order chi connectivity index (χ1) is 7.24. The first kappa shape index (κ1) is 12.5. The van der Waals surface area contributed by atoms with Crippen LogP contribution in [0.4, 0.5) is 0 Å². The Bertz CT molecular complexity index is 206. The summed E-state index contributed by atoms with van der Waals surface area (Å²) >= 11 is 0. The van der Waals surface area contributed by atoms with Gasteiger partial charge in [-0.1, -0.05) is 13.3 Å². The van der Waals surface area contributed by atoms with E-state index in [1.165, 1.54) is 6.42 Å². The average molecular weight is 212 g/mol. The molecular weight excluding hydrogens is 188 g/mol. The van der Waals surface area contributed by atoms with Crippen LogP contribution < -0.4 is 5.73 Å². The molecule has 1 aliphatic carbocycles. The van der Waals surface area contributed by atoms with Crippen molar-refractivity contribution >= 4 is 5.91 Å². The van der Waals surface area contributed by atoms with E-state index in [1.54, 1.807) is 0 Å². The van der Waals surface area contributed by atoms with Crippen LogP contribution in [0.3, 0.4) is 0 Å². The van der Waals surface area contributed by atoms with E-state index in [-0.39, 0.29) is 5.92 Å². The van der Waals surface area contributed by atoms with Crippen molar-refractivity contribution < 1.29 is 4.79 Å². The fraction of sp³-hybridized carbons (Fsp3) is 0.917. The molecule has 0 spiro atoms. The molecule has 0 aliphatic heterocycles. The molecule has 1 fully saturated rings. The second-order valence-corrected chi connectivity index (χ2v) is 4.45. The van der Waals surface area contributed by atoms with E-state index < -0.39 is 0 Å². The minimum atomic E-state index is 0.210. The van der Waals surface area contributed by atoms with E-state index in [9.17, 15) is 4.79 Å². The Morgan fingerprint density at radius 2 is 2.13 bits per heavy atom. The lowest BCUT2D eigenvalue weighted by Gasteiger charge is -2.26. The van der Waals surface area contributed by atoms with Crippen molar-refractivity contribution in [2.75, 3.05) is 19.6 Å². The lowest BCUT2D eigenvalue weighted by molar-refractivity contribution is -0.136. The maximum atomic E-state index is 12.2. The molecule has 0 bridgehead atoms. The van der Waals surface area contributed by atoms with Gasteiger partial charge in [0.1, 0.15) is 0 Å². The van der Waals surface area contributed by atoms with Gasteiger partial charge in [-0.25, -0.2) is 0 Å². The molecule has 1 amide bonds. The van der Waals surface area contributed by atoms with Crippen LogP contribution in [0.2, 0.25) is 0 Å². The summed E-state index contributed by atoms with van der Waals surface area (Å²) in [5.41, 5.74) is 5.71. The van der Waals surface area contributed by atoms with Crippen LogP contribution in [0.25, 0.3) is 0 Å². The quantitative estimate of drug-likeness (QED) is 0.752. The predicted molar refractivity (Wildman–Crippen MR) is 62.4 cm³/mol. The zero-order valence-corrected chi connectivity index (χ0v) is 10.0. The fourth-order valence-corrected chi connectivity index (χ4v) is 2.57. The molecule has 2 atom stereocenters. The highest BCUT2D eigenvalue weighted by Crippen LogP contribution is 2.32. The third-order valence-corrected chi connectivity index (χ3v) is 3.47. The highest BCUT2D eigenvalue weighted by atomic mass is 16.2. The number of carbonyl (C=O) groups is 1. The molecule has 0 unspecified atom stereocenters. The topological polar surface area (TPSA) is 46.3 Å². The van der Waals surface area contributed by atoms with Crippen LogP contribution in [0.15, 0.2) is 0 Å². The van der Waals surface area contributed by atoms with Gasteiger partial charge in [0.25, 0.3) is 0 Å². The standard InChI is InChI=1S/C12H24N2O/c1-3-8-14(4-2)12(15)11-7-5-6-10(11)9-13/h10-11H,3-9,13H2,1-2H3/t10-,11-/m1/s1. The number of rotatable bonds is 5. The molecule has 0 aromatic rings. The van der Waals surface area contributed by atoms with Crippen LogP contribution in [0.5, 0.6) is 0 Å². The summed E-state index contributed by atoms with van der Waals surface area (Å²) in [5.74, 6) is 0.984. The normalized spacial score (nSPS) is 25.5. The highest BCUT2D eigenvalue weighted by molar-refractivity contribution is 5.79. The number of hydrogen-bond donors (Lipinski definition) is 1. The highest BCUT2D eigenvalue weighted by Gasteiger charge is 2.33. The Morgan fingerprint density at radius 3 is 2.67 bits per heavy atom. The van der Waals surface area contributed by atoms with Crippen molar-refractivity contribution in [1.29, 1.82) is 0 Å². The second-order valence-electron chi connectivity index (χ2n) is 4.45. The third-order valence-electron chi connectivity index (χ3n) is 3.47. The molecule has 0 radical (unpaired) electrons. The molecular formula is C12H24N2O. The Labute approximate surface area is 93.0 Å². The van der Waals surface area contributed by atoms with Crippen molar-refractivity contribution in [3.63, 3.8) is 0 Å². The zero-order chi connectivity index (χ0) is 11.3. The number of amides is 1. The van der Waals surface area contributed by atoms with Crippen molar-refractivity contribution in [1.82, 2.24) is 4.90 Å². The summed E-state index contributed by atoms with van der Waals surface area (Å²) < 4.78 is 0. The first-order valence-electron chi connectivity index (χ1n) is 6.23. The SMILES string of the molecule is CCCN(CC)C(=O)[C@@H]1CCC[C@@H]1CN. The number of nitrogens with two attached hydrogens (primary N) is 1. The zero-order valence-electron chi connectivity index (χ0n) is 10.0. The fourth-order valence-electron chi connectivity index (χ4n) is 2.57. The van der Waals surface area contributed by atoms with Crippen LogP contribution in [0, 0.1) is 11.8 Å². The van der Waals surface area contributed by atoms with Gasteiger partial charge in [0.05, 0.1) is 0 Å². The van der Waals surface area contributed by atoms with Gasteiger partial charge in [0, 0.05) is 19.0 Å². The predicted octanol–water partition coefficient (Wildman–Crippen LogP) is 1.62. The summed E-state index contributed by atoms with van der Waals surface area (Å²) in [6.07, 6.45) is 4.39. The van der Waals surface area contributed by atoms with Gasteiger partial charge in [0.15, 0.2) is 0 Å². The first-order valence-corrected chi connectivity index (χ1v) is 6.23. The van der Waals surface area contributed by atoms with Crippen LogP contribution in [0.1, 0.15) is 39.5 Å². The lowest BCUT2D eigenvalue weighted by atomic mass is 9.94. The Balaban J connectivity index is 2.56.